The lowest BCUT2D eigenvalue weighted by Crippen LogP contribution is -2.38. The maximum atomic E-state index is 12.6. The van der Waals surface area contributed by atoms with Crippen molar-refractivity contribution in [3.63, 3.8) is 0 Å². The highest BCUT2D eigenvalue weighted by Gasteiger charge is 2.23. The van der Waals surface area contributed by atoms with Crippen LogP contribution in [0.2, 0.25) is 0 Å². The van der Waals surface area contributed by atoms with Crippen molar-refractivity contribution in [3.05, 3.63) is 29.8 Å². The highest BCUT2D eigenvalue weighted by Crippen LogP contribution is 2.29. The standard InChI is InChI=1S/C21H33N3O3/c1-21(2,3)17-9-5-6-10-18(17)22-19(25)14-24-12-7-8-16(11-13-24)23(4)15-20(26)27/h5-6,9-10,16H,7-8,11-15H2,1-4H3,(H,22,25)(H,26,27). The van der Waals surface area contributed by atoms with E-state index in [1.54, 1.807) is 0 Å². The highest BCUT2D eigenvalue weighted by molar-refractivity contribution is 5.93. The van der Waals surface area contributed by atoms with Gasteiger partial charge >= 0.3 is 5.97 Å². The summed E-state index contributed by atoms with van der Waals surface area (Å²) in [5.41, 5.74) is 1.97. The molecule has 0 saturated carbocycles. The van der Waals surface area contributed by atoms with Gasteiger partial charge in [0.2, 0.25) is 5.91 Å². The van der Waals surface area contributed by atoms with Gasteiger partial charge in [-0.1, -0.05) is 39.0 Å². The first-order chi connectivity index (χ1) is 12.7. The van der Waals surface area contributed by atoms with Crippen molar-refractivity contribution >= 4 is 17.6 Å². The molecule has 2 N–H and O–H groups in total. The summed E-state index contributed by atoms with van der Waals surface area (Å²) >= 11 is 0. The molecule has 0 aliphatic carbocycles. The van der Waals surface area contributed by atoms with Crippen molar-refractivity contribution in [1.29, 1.82) is 0 Å². The Morgan fingerprint density at radius 2 is 1.93 bits per heavy atom. The number of anilines is 1. The number of benzene rings is 1. The molecular formula is C21H33N3O3. The minimum atomic E-state index is -0.796. The molecule has 150 valence electrons. The molecule has 1 saturated heterocycles. The summed E-state index contributed by atoms with van der Waals surface area (Å²) in [7, 11) is 1.87. The summed E-state index contributed by atoms with van der Waals surface area (Å²) in [5.74, 6) is -0.792. The van der Waals surface area contributed by atoms with Crippen LogP contribution in [0.1, 0.15) is 45.6 Å². The molecule has 1 atom stereocenters. The average molecular weight is 376 g/mol. The molecule has 1 heterocycles. The van der Waals surface area contributed by atoms with Gasteiger partial charge in [-0.25, -0.2) is 0 Å². The van der Waals surface area contributed by atoms with Crippen LogP contribution >= 0.6 is 0 Å². The molecule has 1 amide bonds. The third kappa shape index (κ3) is 6.63. The van der Waals surface area contributed by atoms with Gasteiger partial charge in [0.1, 0.15) is 0 Å². The molecule has 6 heteroatoms. The fraction of sp³-hybridized carbons (Fsp3) is 0.619. The van der Waals surface area contributed by atoms with Crippen LogP contribution in [0.25, 0.3) is 0 Å². The normalized spacial score (nSPS) is 18.9. The first kappa shape index (κ1) is 21.4. The number of aliphatic carboxylic acids is 1. The predicted molar refractivity (Wildman–Crippen MR) is 108 cm³/mol. The molecule has 1 aliphatic heterocycles. The molecule has 1 fully saturated rings. The number of para-hydroxylation sites is 1. The lowest BCUT2D eigenvalue weighted by molar-refractivity contribution is -0.138. The number of hydrogen-bond acceptors (Lipinski definition) is 4. The monoisotopic (exact) mass is 375 g/mol. The Balaban J connectivity index is 1.91. The first-order valence-electron chi connectivity index (χ1n) is 9.70. The zero-order valence-corrected chi connectivity index (χ0v) is 17.0. The number of carbonyl (C=O) groups excluding carboxylic acids is 1. The van der Waals surface area contributed by atoms with Gasteiger partial charge in [0.25, 0.3) is 0 Å². The van der Waals surface area contributed by atoms with Crippen LogP contribution in [-0.4, -0.2) is 66.1 Å². The minimum absolute atomic E-state index is 0.00374. The molecule has 0 spiro atoms. The van der Waals surface area contributed by atoms with E-state index in [0.717, 1.165) is 43.6 Å². The summed E-state index contributed by atoms with van der Waals surface area (Å²) in [6.45, 7) is 8.53. The molecule has 1 aliphatic rings. The predicted octanol–water partition coefficient (Wildman–Crippen LogP) is 2.79. The van der Waals surface area contributed by atoms with E-state index < -0.39 is 5.97 Å². The number of hydrogen-bond donors (Lipinski definition) is 2. The Morgan fingerprint density at radius 3 is 2.59 bits per heavy atom. The molecule has 1 unspecified atom stereocenters. The molecule has 0 aromatic heterocycles. The summed E-state index contributed by atoms with van der Waals surface area (Å²) < 4.78 is 0. The summed E-state index contributed by atoms with van der Waals surface area (Å²) in [4.78, 5) is 27.6. The van der Waals surface area contributed by atoms with E-state index in [2.05, 4.69) is 37.1 Å². The second-order valence-corrected chi connectivity index (χ2v) is 8.51. The van der Waals surface area contributed by atoms with Crippen LogP contribution in [-0.2, 0) is 15.0 Å². The van der Waals surface area contributed by atoms with E-state index in [1.807, 2.05) is 30.1 Å². The van der Waals surface area contributed by atoms with E-state index in [0.29, 0.717) is 6.54 Å². The third-order valence-electron chi connectivity index (χ3n) is 5.17. The number of likely N-dealkylation sites (tertiary alicyclic amines) is 1. The summed E-state index contributed by atoms with van der Waals surface area (Å²) in [6.07, 6.45) is 2.82. The molecule has 27 heavy (non-hydrogen) atoms. The highest BCUT2D eigenvalue weighted by atomic mass is 16.4. The zero-order chi connectivity index (χ0) is 20.0. The van der Waals surface area contributed by atoms with Crippen LogP contribution in [0, 0.1) is 0 Å². The summed E-state index contributed by atoms with van der Waals surface area (Å²) in [5, 5.41) is 12.0. The Hall–Kier alpha value is -1.92. The fourth-order valence-corrected chi connectivity index (χ4v) is 3.72. The lowest BCUT2D eigenvalue weighted by atomic mass is 9.86. The minimum Gasteiger partial charge on any atom is -0.480 e. The van der Waals surface area contributed by atoms with Gasteiger partial charge in [-0.2, -0.15) is 0 Å². The molecule has 6 nitrogen and oxygen atoms in total. The Labute approximate surface area is 162 Å². The Bertz CT molecular complexity index is 654. The Kier molecular flexibility index (Phi) is 7.39. The quantitative estimate of drug-likeness (QED) is 0.800. The topological polar surface area (TPSA) is 72.9 Å². The maximum Gasteiger partial charge on any atom is 0.317 e. The molecule has 0 radical (unpaired) electrons. The number of nitrogens with zero attached hydrogens (tertiary/aromatic N) is 2. The van der Waals surface area contributed by atoms with E-state index in [9.17, 15) is 9.59 Å². The third-order valence-corrected chi connectivity index (χ3v) is 5.17. The van der Waals surface area contributed by atoms with E-state index in [4.69, 9.17) is 5.11 Å². The van der Waals surface area contributed by atoms with Gasteiger partial charge in [-0.05, 0) is 49.9 Å². The van der Waals surface area contributed by atoms with E-state index >= 15 is 0 Å². The van der Waals surface area contributed by atoms with Crippen molar-refractivity contribution in [2.75, 3.05) is 38.5 Å². The second-order valence-electron chi connectivity index (χ2n) is 8.51. The number of nitrogens with one attached hydrogen (secondary N) is 1. The molecule has 1 aromatic rings. The fourth-order valence-electron chi connectivity index (χ4n) is 3.72. The van der Waals surface area contributed by atoms with Crippen molar-refractivity contribution < 1.29 is 14.7 Å². The van der Waals surface area contributed by atoms with Gasteiger partial charge in [-0.3, -0.25) is 19.4 Å². The van der Waals surface area contributed by atoms with Gasteiger partial charge in [0.15, 0.2) is 0 Å². The van der Waals surface area contributed by atoms with Crippen LogP contribution in [0.15, 0.2) is 24.3 Å². The summed E-state index contributed by atoms with van der Waals surface area (Å²) in [6, 6.07) is 8.22. The van der Waals surface area contributed by atoms with Crippen LogP contribution in [0.3, 0.4) is 0 Å². The van der Waals surface area contributed by atoms with Crippen LogP contribution in [0.5, 0.6) is 0 Å². The first-order valence-corrected chi connectivity index (χ1v) is 9.70. The second kappa shape index (κ2) is 9.33. The number of rotatable bonds is 6. The van der Waals surface area contributed by atoms with Gasteiger partial charge < -0.3 is 10.4 Å². The molecular weight excluding hydrogens is 342 g/mol. The largest absolute Gasteiger partial charge is 0.480 e. The van der Waals surface area contributed by atoms with Gasteiger partial charge in [0.05, 0.1) is 13.1 Å². The number of carboxylic acid groups (broad SMARTS) is 1. The van der Waals surface area contributed by atoms with Crippen LogP contribution < -0.4 is 5.32 Å². The smallest absolute Gasteiger partial charge is 0.317 e. The molecule has 0 bridgehead atoms. The Morgan fingerprint density at radius 1 is 1.22 bits per heavy atom. The van der Waals surface area contributed by atoms with Crippen molar-refractivity contribution in [2.24, 2.45) is 0 Å². The average Bonchev–Trinajstić information content (AvgIpc) is 2.79. The number of carbonyl (C=O) groups is 2. The van der Waals surface area contributed by atoms with Crippen molar-refractivity contribution in [2.45, 2.75) is 51.5 Å². The van der Waals surface area contributed by atoms with E-state index in [1.165, 1.54) is 0 Å². The van der Waals surface area contributed by atoms with Gasteiger partial charge in [0, 0.05) is 18.3 Å². The number of amides is 1. The van der Waals surface area contributed by atoms with Crippen molar-refractivity contribution in [3.8, 4) is 0 Å². The number of likely N-dealkylation sites (N-methyl/N-ethyl adjacent to an activating group) is 1. The van der Waals surface area contributed by atoms with Crippen molar-refractivity contribution in [1.82, 2.24) is 9.80 Å². The molecule has 1 aromatic carbocycles. The molecule has 2 rings (SSSR count). The van der Waals surface area contributed by atoms with E-state index in [-0.39, 0.29) is 23.9 Å². The maximum absolute atomic E-state index is 12.6. The number of carboxylic acids is 1. The zero-order valence-electron chi connectivity index (χ0n) is 17.0. The van der Waals surface area contributed by atoms with Crippen LogP contribution in [0.4, 0.5) is 5.69 Å². The lowest BCUT2D eigenvalue weighted by Gasteiger charge is -2.26. The SMILES string of the molecule is CN(CC(=O)O)C1CCCN(CC(=O)Nc2ccccc2C(C)(C)C)CC1. The van der Waals surface area contributed by atoms with Gasteiger partial charge in [-0.15, -0.1) is 0 Å².